The highest BCUT2D eigenvalue weighted by Gasteiger charge is 2.28. The summed E-state index contributed by atoms with van der Waals surface area (Å²) in [5.74, 6) is 0.291. The average Bonchev–Trinajstić information content (AvgIpc) is 3.19. The van der Waals surface area contributed by atoms with Gasteiger partial charge in [0.1, 0.15) is 0 Å². The smallest absolute Gasteiger partial charge is 0.255 e. The number of amides is 1. The van der Waals surface area contributed by atoms with Crippen molar-refractivity contribution in [2.75, 3.05) is 33.2 Å². The molecule has 1 aromatic heterocycles. The summed E-state index contributed by atoms with van der Waals surface area (Å²) in [6, 6.07) is 8.95. The Morgan fingerprint density at radius 3 is 2.41 bits per heavy atom. The fourth-order valence-electron chi connectivity index (χ4n) is 4.72. The summed E-state index contributed by atoms with van der Waals surface area (Å²) in [4.78, 5) is 41.7. The van der Waals surface area contributed by atoms with Crippen molar-refractivity contribution in [1.82, 2.24) is 14.4 Å². The summed E-state index contributed by atoms with van der Waals surface area (Å²) in [6.45, 7) is 4.07. The molecule has 0 bridgehead atoms. The Bertz CT molecular complexity index is 990. The Kier molecular flexibility index (Phi) is 7.11. The summed E-state index contributed by atoms with van der Waals surface area (Å²) in [5.41, 5.74) is 1.85. The second kappa shape index (κ2) is 10.0. The molecule has 1 fully saturated rings. The van der Waals surface area contributed by atoms with Crippen molar-refractivity contribution in [2.45, 2.75) is 38.6 Å². The molecular weight excluding hydrogens is 426 g/mol. The number of ketones is 2. The van der Waals surface area contributed by atoms with Crippen molar-refractivity contribution < 1.29 is 14.4 Å². The van der Waals surface area contributed by atoms with Crippen molar-refractivity contribution in [3.8, 4) is 0 Å². The highest BCUT2D eigenvalue weighted by atomic mass is 35.5. The molecule has 0 aliphatic carbocycles. The molecule has 6 nitrogen and oxygen atoms in total. The fourth-order valence-corrected chi connectivity index (χ4v) is 4.85. The van der Waals surface area contributed by atoms with E-state index < -0.39 is 0 Å². The predicted molar refractivity (Wildman–Crippen MR) is 125 cm³/mol. The number of rotatable bonds is 7. The van der Waals surface area contributed by atoms with Crippen molar-refractivity contribution >= 4 is 29.1 Å². The molecule has 0 spiro atoms. The van der Waals surface area contributed by atoms with Crippen LogP contribution in [0, 0.1) is 5.92 Å². The molecule has 1 saturated heterocycles. The molecule has 0 N–H and O–H groups in total. The molecule has 7 heteroatoms. The van der Waals surface area contributed by atoms with Gasteiger partial charge in [0.05, 0.1) is 11.3 Å². The maximum atomic E-state index is 12.7. The van der Waals surface area contributed by atoms with Crippen LogP contribution < -0.4 is 0 Å². The van der Waals surface area contributed by atoms with E-state index in [0.29, 0.717) is 29.2 Å². The van der Waals surface area contributed by atoms with Crippen LogP contribution in [0.3, 0.4) is 0 Å². The van der Waals surface area contributed by atoms with Crippen LogP contribution in [0.1, 0.15) is 63.3 Å². The minimum Gasteiger partial charge on any atom is -0.344 e. The lowest BCUT2D eigenvalue weighted by Crippen LogP contribution is -2.37. The SMILES string of the molecule is CN1CCC(=O)c2c(ccn2CCCCN2CCC(C(=O)c3ccc(Cl)cc3)CC2)C1=O. The molecule has 1 aromatic carbocycles. The topological polar surface area (TPSA) is 62.6 Å². The van der Waals surface area contributed by atoms with Gasteiger partial charge in [-0.2, -0.15) is 0 Å². The number of piperidine rings is 1. The van der Waals surface area contributed by atoms with Crippen LogP contribution in [0.4, 0.5) is 0 Å². The number of benzene rings is 1. The molecule has 0 radical (unpaired) electrons. The van der Waals surface area contributed by atoms with Crippen LogP contribution in [0.2, 0.25) is 5.02 Å². The van der Waals surface area contributed by atoms with E-state index in [0.717, 1.165) is 57.4 Å². The number of carbonyl (C=O) groups excluding carboxylic acids is 3. The molecule has 4 rings (SSSR count). The van der Waals surface area contributed by atoms with E-state index in [1.54, 1.807) is 30.1 Å². The summed E-state index contributed by atoms with van der Waals surface area (Å²) in [6.07, 6.45) is 5.98. The average molecular weight is 456 g/mol. The maximum Gasteiger partial charge on any atom is 0.255 e. The van der Waals surface area contributed by atoms with Crippen LogP contribution in [0.25, 0.3) is 0 Å². The number of aryl methyl sites for hydroxylation is 1. The van der Waals surface area contributed by atoms with E-state index >= 15 is 0 Å². The number of Topliss-reactive ketones (excluding diaryl/α,β-unsaturated/α-hetero) is 2. The summed E-state index contributed by atoms with van der Waals surface area (Å²) < 4.78 is 1.95. The van der Waals surface area contributed by atoms with Gasteiger partial charge >= 0.3 is 0 Å². The Morgan fingerprint density at radius 1 is 1.00 bits per heavy atom. The monoisotopic (exact) mass is 455 g/mol. The van der Waals surface area contributed by atoms with Crippen LogP contribution in [-0.2, 0) is 6.54 Å². The van der Waals surface area contributed by atoms with Crippen molar-refractivity contribution in [2.24, 2.45) is 5.92 Å². The lowest BCUT2D eigenvalue weighted by Gasteiger charge is -2.31. The van der Waals surface area contributed by atoms with E-state index in [4.69, 9.17) is 11.6 Å². The Labute approximate surface area is 194 Å². The summed E-state index contributed by atoms with van der Waals surface area (Å²) in [7, 11) is 1.74. The molecule has 3 heterocycles. The van der Waals surface area contributed by atoms with Gasteiger partial charge in [0.15, 0.2) is 11.6 Å². The first kappa shape index (κ1) is 22.7. The van der Waals surface area contributed by atoms with Crippen LogP contribution >= 0.6 is 11.6 Å². The molecule has 1 amide bonds. The third-order valence-electron chi connectivity index (χ3n) is 6.69. The number of hydrogen-bond donors (Lipinski definition) is 0. The van der Waals surface area contributed by atoms with Crippen molar-refractivity contribution in [3.63, 3.8) is 0 Å². The molecule has 0 saturated carbocycles. The first-order valence-electron chi connectivity index (χ1n) is 11.4. The lowest BCUT2D eigenvalue weighted by molar-refractivity contribution is 0.0796. The zero-order valence-corrected chi connectivity index (χ0v) is 19.3. The molecule has 2 aliphatic heterocycles. The van der Waals surface area contributed by atoms with Crippen LogP contribution in [0.15, 0.2) is 36.5 Å². The Balaban J connectivity index is 1.23. The van der Waals surface area contributed by atoms with Gasteiger partial charge < -0.3 is 14.4 Å². The Morgan fingerprint density at radius 2 is 1.69 bits per heavy atom. The number of fused-ring (bicyclic) bond motifs is 1. The van der Waals surface area contributed by atoms with E-state index in [1.165, 1.54) is 0 Å². The third kappa shape index (κ3) is 4.97. The van der Waals surface area contributed by atoms with E-state index in [9.17, 15) is 14.4 Å². The largest absolute Gasteiger partial charge is 0.344 e. The highest BCUT2D eigenvalue weighted by molar-refractivity contribution is 6.30. The van der Waals surface area contributed by atoms with Gasteiger partial charge in [-0.3, -0.25) is 14.4 Å². The zero-order chi connectivity index (χ0) is 22.7. The van der Waals surface area contributed by atoms with Crippen molar-refractivity contribution in [1.29, 1.82) is 0 Å². The van der Waals surface area contributed by atoms with E-state index in [1.807, 2.05) is 22.9 Å². The van der Waals surface area contributed by atoms with E-state index in [-0.39, 0.29) is 23.4 Å². The van der Waals surface area contributed by atoms with Crippen LogP contribution in [0.5, 0.6) is 0 Å². The second-order valence-electron chi connectivity index (χ2n) is 8.87. The molecule has 170 valence electrons. The number of aromatic nitrogens is 1. The number of carbonyl (C=O) groups is 3. The first-order chi connectivity index (χ1) is 15.4. The van der Waals surface area contributed by atoms with Crippen LogP contribution in [-0.4, -0.2) is 65.1 Å². The predicted octanol–water partition coefficient (Wildman–Crippen LogP) is 4.18. The minimum absolute atomic E-state index is 0.0510. The molecular formula is C25H30ClN3O3. The normalized spacial score (nSPS) is 18.0. The quantitative estimate of drug-likeness (QED) is 0.464. The molecule has 32 heavy (non-hydrogen) atoms. The zero-order valence-electron chi connectivity index (χ0n) is 18.6. The first-order valence-corrected chi connectivity index (χ1v) is 11.8. The number of nitrogens with zero attached hydrogens (tertiary/aromatic N) is 3. The molecule has 0 atom stereocenters. The molecule has 2 aliphatic rings. The lowest BCUT2D eigenvalue weighted by atomic mass is 9.89. The van der Waals surface area contributed by atoms with Gasteiger partial charge in [-0.25, -0.2) is 0 Å². The van der Waals surface area contributed by atoms with Gasteiger partial charge in [0.25, 0.3) is 5.91 Å². The maximum absolute atomic E-state index is 12.7. The number of halogens is 1. The summed E-state index contributed by atoms with van der Waals surface area (Å²) >= 11 is 5.92. The highest BCUT2D eigenvalue weighted by Crippen LogP contribution is 2.24. The molecule has 2 aromatic rings. The van der Waals surface area contributed by atoms with Gasteiger partial charge in [-0.05, 0) is 75.6 Å². The van der Waals surface area contributed by atoms with Gasteiger partial charge in [0.2, 0.25) is 0 Å². The Hall–Kier alpha value is -2.44. The van der Waals surface area contributed by atoms with Gasteiger partial charge in [-0.1, -0.05) is 11.6 Å². The molecule has 0 unspecified atom stereocenters. The number of hydrogen-bond acceptors (Lipinski definition) is 4. The second-order valence-corrected chi connectivity index (χ2v) is 9.30. The van der Waals surface area contributed by atoms with E-state index in [2.05, 4.69) is 4.90 Å². The van der Waals surface area contributed by atoms with Crippen molar-refractivity contribution in [3.05, 3.63) is 58.4 Å². The van der Waals surface area contributed by atoms with Gasteiger partial charge in [-0.15, -0.1) is 0 Å². The van der Waals surface area contributed by atoms with Gasteiger partial charge in [0, 0.05) is 49.3 Å². The summed E-state index contributed by atoms with van der Waals surface area (Å²) in [5, 5.41) is 0.649. The third-order valence-corrected chi connectivity index (χ3v) is 6.94. The standard InChI is InChI=1S/C25H30ClN3O3/c1-27-14-11-22(30)23-21(25(27)32)10-17-29(23)13-3-2-12-28-15-8-19(9-16-28)24(31)18-4-6-20(26)7-5-18/h4-7,10,17,19H,2-3,8-9,11-16H2,1H3. The minimum atomic E-state index is -0.0689. The fraction of sp³-hybridized carbons (Fsp3) is 0.480. The number of unbranched alkanes of at least 4 members (excludes halogenated alkanes) is 1. The number of likely N-dealkylation sites (tertiary alicyclic amines) is 1.